The van der Waals surface area contributed by atoms with Crippen LogP contribution in [0, 0.1) is 12.8 Å². The van der Waals surface area contributed by atoms with Gasteiger partial charge in [-0.2, -0.15) is 0 Å². The van der Waals surface area contributed by atoms with Crippen molar-refractivity contribution >= 4 is 27.8 Å². The zero-order chi connectivity index (χ0) is 13.4. The lowest BCUT2D eigenvalue weighted by Gasteiger charge is -2.22. The van der Waals surface area contributed by atoms with Gasteiger partial charge in [0.1, 0.15) is 0 Å². The molecule has 1 fully saturated rings. The van der Waals surface area contributed by atoms with Crippen molar-refractivity contribution in [1.82, 2.24) is 4.90 Å². The first-order valence-corrected chi connectivity index (χ1v) is 6.51. The number of furan rings is 1. The summed E-state index contributed by atoms with van der Waals surface area (Å²) < 4.78 is 5.82. The molecule has 2 heterocycles. The molecule has 6 heteroatoms. The maximum Gasteiger partial charge on any atom is 0.308 e. The lowest BCUT2D eigenvalue weighted by molar-refractivity contribution is -0.142. The number of hydrogen-bond donors (Lipinski definition) is 1. The monoisotopic (exact) mass is 315 g/mol. The fourth-order valence-electron chi connectivity index (χ4n) is 2.34. The van der Waals surface area contributed by atoms with E-state index in [1.54, 1.807) is 24.8 Å². The zero-order valence-electron chi connectivity index (χ0n) is 10.1. The highest BCUT2D eigenvalue weighted by atomic mass is 79.9. The average molecular weight is 316 g/mol. The number of aryl methyl sites for hydroxylation is 1. The van der Waals surface area contributed by atoms with E-state index in [0.29, 0.717) is 17.6 Å². The molecule has 0 aliphatic carbocycles. The number of aliphatic carboxylic acids is 1. The molecule has 1 aliphatic heterocycles. The standard InChI is InChI=1S/C12H14BrNO4/c1-6-5-9(13)18-10(6)11(15)14-4-3-8(7(14)2)12(16)17/h5,7-8H,3-4H2,1-2H3,(H,16,17). The first-order chi connectivity index (χ1) is 8.41. The summed E-state index contributed by atoms with van der Waals surface area (Å²) in [6, 6.07) is 1.42. The summed E-state index contributed by atoms with van der Waals surface area (Å²) in [6.07, 6.45) is 0.489. The van der Waals surface area contributed by atoms with Crippen molar-refractivity contribution in [2.24, 2.45) is 5.92 Å². The fourth-order valence-corrected chi connectivity index (χ4v) is 2.85. The molecule has 2 rings (SSSR count). The molecule has 18 heavy (non-hydrogen) atoms. The number of hydrogen-bond acceptors (Lipinski definition) is 3. The average Bonchev–Trinajstić information content (AvgIpc) is 2.81. The molecule has 1 aromatic rings. The number of halogens is 1. The number of carboxylic acids is 1. The van der Waals surface area contributed by atoms with Crippen molar-refractivity contribution in [1.29, 1.82) is 0 Å². The minimum Gasteiger partial charge on any atom is -0.481 e. The Morgan fingerprint density at radius 2 is 2.22 bits per heavy atom. The highest BCUT2D eigenvalue weighted by Crippen LogP contribution is 2.28. The van der Waals surface area contributed by atoms with Gasteiger partial charge >= 0.3 is 5.97 Å². The minimum atomic E-state index is -0.852. The van der Waals surface area contributed by atoms with Crippen molar-refractivity contribution in [2.75, 3.05) is 6.54 Å². The molecule has 1 aromatic heterocycles. The third kappa shape index (κ3) is 2.16. The summed E-state index contributed by atoms with van der Waals surface area (Å²) in [5.41, 5.74) is 0.748. The number of amides is 1. The summed E-state index contributed by atoms with van der Waals surface area (Å²) in [5, 5.41) is 9.04. The molecule has 5 nitrogen and oxygen atoms in total. The lowest BCUT2D eigenvalue weighted by atomic mass is 10.0. The van der Waals surface area contributed by atoms with Gasteiger partial charge in [-0.15, -0.1) is 0 Å². The fraction of sp³-hybridized carbons (Fsp3) is 0.500. The predicted octanol–water partition coefficient (Wildman–Crippen LogP) is 2.29. The molecule has 1 N–H and O–H groups in total. The molecule has 1 amide bonds. The summed E-state index contributed by atoms with van der Waals surface area (Å²) in [6.45, 7) is 4.00. The Kier molecular flexibility index (Phi) is 3.47. The maximum absolute atomic E-state index is 12.3. The molecule has 1 aliphatic rings. The number of likely N-dealkylation sites (tertiary alicyclic amines) is 1. The Bertz CT molecular complexity index is 496. The van der Waals surface area contributed by atoms with Gasteiger partial charge in [-0.25, -0.2) is 0 Å². The van der Waals surface area contributed by atoms with Crippen molar-refractivity contribution < 1.29 is 19.1 Å². The third-order valence-electron chi connectivity index (χ3n) is 3.41. The molecular weight excluding hydrogens is 302 g/mol. The van der Waals surface area contributed by atoms with Gasteiger partial charge in [-0.1, -0.05) is 0 Å². The van der Waals surface area contributed by atoms with Gasteiger partial charge in [0.05, 0.1) is 5.92 Å². The Morgan fingerprint density at radius 3 is 2.67 bits per heavy atom. The van der Waals surface area contributed by atoms with Gasteiger partial charge in [0.15, 0.2) is 10.4 Å². The van der Waals surface area contributed by atoms with Gasteiger partial charge in [0.25, 0.3) is 5.91 Å². The Morgan fingerprint density at radius 1 is 1.56 bits per heavy atom. The molecule has 0 bridgehead atoms. The second-order valence-corrected chi connectivity index (χ2v) is 5.32. The smallest absolute Gasteiger partial charge is 0.308 e. The quantitative estimate of drug-likeness (QED) is 0.909. The van der Waals surface area contributed by atoms with E-state index in [4.69, 9.17) is 9.52 Å². The second-order valence-electron chi connectivity index (χ2n) is 4.54. The van der Waals surface area contributed by atoms with Crippen molar-refractivity contribution in [3.05, 3.63) is 22.1 Å². The number of carbonyl (C=O) groups excluding carboxylic acids is 1. The van der Waals surface area contributed by atoms with Crippen LogP contribution in [0.4, 0.5) is 0 Å². The topological polar surface area (TPSA) is 70.8 Å². The summed E-state index contributed by atoms with van der Waals surface area (Å²) in [5.74, 6) is -1.31. The van der Waals surface area contributed by atoms with E-state index in [1.807, 2.05) is 0 Å². The van der Waals surface area contributed by atoms with E-state index in [1.165, 1.54) is 0 Å². The van der Waals surface area contributed by atoms with Crippen LogP contribution in [0.25, 0.3) is 0 Å². The molecule has 2 atom stereocenters. The number of carbonyl (C=O) groups is 2. The van der Waals surface area contributed by atoms with Gasteiger partial charge in [0.2, 0.25) is 0 Å². The molecule has 0 spiro atoms. The van der Waals surface area contributed by atoms with Crippen LogP contribution in [-0.4, -0.2) is 34.5 Å². The molecular formula is C12H14BrNO4. The van der Waals surface area contributed by atoms with Crippen LogP contribution in [0.5, 0.6) is 0 Å². The highest BCUT2D eigenvalue weighted by molar-refractivity contribution is 9.10. The van der Waals surface area contributed by atoms with Gasteiger partial charge in [0, 0.05) is 18.2 Å². The van der Waals surface area contributed by atoms with Crippen LogP contribution in [0.2, 0.25) is 0 Å². The van der Waals surface area contributed by atoms with Crippen LogP contribution in [0.15, 0.2) is 15.2 Å². The first kappa shape index (κ1) is 13.1. The second kappa shape index (κ2) is 4.76. The zero-order valence-corrected chi connectivity index (χ0v) is 11.7. The third-order valence-corrected chi connectivity index (χ3v) is 3.81. The molecule has 1 saturated heterocycles. The SMILES string of the molecule is Cc1cc(Br)oc1C(=O)N1CCC(C(=O)O)C1C. The largest absolute Gasteiger partial charge is 0.481 e. The Balaban J connectivity index is 2.21. The number of nitrogens with zero attached hydrogens (tertiary/aromatic N) is 1. The predicted molar refractivity (Wildman–Crippen MR) is 67.4 cm³/mol. The van der Waals surface area contributed by atoms with E-state index >= 15 is 0 Å². The molecule has 98 valence electrons. The molecule has 0 saturated carbocycles. The van der Waals surface area contributed by atoms with Gasteiger partial charge in [-0.05, 0) is 42.3 Å². The van der Waals surface area contributed by atoms with Gasteiger partial charge in [-0.3, -0.25) is 9.59 Å². The van der Waals surface area contributed by atoms with Gasteiger partial charge < -0.3 is 14.4 Å². The number of carboxylic acid groups (broad SMARTS) is 1. The van der Waals surface area contributed by atoms with E-state index in [-0.39, 0.29) is 17.7 Å². The van der Waals surface area contributed by atoms with Crippen LogP contribution in [0.1, 0.15) is 29.5 Å². The maximum atomic E-state index is 12.3. The van der Waals surface area contributed by atoms with E-state index in [0.717, 1.165) is 5.56 Å². The normalized spacial score (nSPS) is 23.4. The molecule has 0 aromatic carbocycles. The van der Waals surface area contributed by atoms with E-state index in [9.17, 15) is 9.59 Å². The van der Waals surface area contributed by atoms with Crippen molar-refractivity contribution in [2.45, 2.75) is 26.3 Å². The van der Waals surface area contributed by atoms with Crippen LogP contribution < -0.4 is 0 Å². The Hall–Kier alpha value is -1.30. The number of rotatable bonds is 2. The summed E-state index contributed by atoms with van der Waals surface area (Å²) in [7, 11) is 0. The van der Waals surface area contributed by atoms with Crippen LogP contribution >= 0.6 is 15.9 Å². The van der Waals surface area contributed by atoms with Crippen molar-refractivity contribution in [3.63, 3.8) is 0 Å². The minimum absolute atomic E-state index is 0.241. The first-order valence-electron chi connectivity index (χ1n) is 5.71. The summed E-state index contributed by atoms with van der Waals surface area (Å²) >= 11 is 3.18. The highest BCUT2D eigenvalue weighted by Gasteiger charge is 2.39. The summed E-state index contributed by atoms with van der Waals surface area (Å²) in [4.78, 5) is 24.9. The molecule has 0 radical (unpaired) electrons. The van der Waals surface area contributed by atoms with E-state index in [2.05, 4.69) is 15.9 Å². The molecule has 2 unspecified atom stereocenters. The Labute approximate surface area is 113 Å². The van der Waals surface area contributed by atoms with E-state index < -0.39 is 11.9 Å². The van der Waals surface area contributed by atoms with Crippen LogP contribution in [-0.2, 0) is 4.79 Å². The van der Waals surface area contributed by atoms with Crippen LogP contribution in [0.3, 0.4) is 0 Å². The lowest BCUT2D eigenvalue weighted by Crippen LogP contribution is -2.37. The van der Waals surface area contributed by atoms with Crippen molar-refractivity contribution in [3.8, 4) is 0 Å².